The third-order valence-electron chi connectivity index (χ3n) is 2.73. The van der Waals surface area contributed by atoms with Gasteiger partial charge in [0.2, 0.25) is 5.91 Å². The zero-order valence-corrected chi connectivity index (χ0v) is 11.6. The molecule has 0 spiro atoms. The van der Waals surface area contributed by atoms with E-state index in [0.717, 1.165) is 5.56 Å². The maximum Gasteiger partial charge on any atom is 0.248 e. The van der Waals surface area contributed by atoms with Gasteiger partial charge < -0.3 is 5.32 Å². The summed E-state index contributed by atoms with van der Waals surface area (Å²) in [6.07, 6.45) is 2.91. The lowest BCUT2D eigenvalue weighted by molar-refractivity contribution is -0.111. The molecule has 0 aromatic heterocycles. The molecule has 0 aliphatic rings. The van der Waals surface area contributed by atoms with Gasteiger partial charge in [-0.25, -0.2) is 4.39 Å². The number of anilines is 1. The fraction of sp³-hybridized carbons (Fsp3) is 0.0625. The van der Waals surface area contributed by atoms with Crippen LogP contribution in [0.1, 0.15) is 11.1 Å². The normalized spacial score (nSPS) is 10.8. The van der Waals surface area contributed by atoms with E-state index in [4.69, 9.17) is 11.6 Å². The highest BCUT2D eigenvalue weighted by molar-refractivity contribution is 6.31. The molecular formula is C16H13ClFNO. The van der Waals surface area contributed by atoms with Gasteiger partial charge in [0.05, 0.1) is 0 Å². The number of amides is 1. The van der Waals surface area contributed by atoms with Crippen LogP contribution >= 0.6 is 11.6 Å². The summed E-state index contributed by atoms with van der Waals surface area (Å²) in [6.45, 7) is 1.88. The fourth-order valence-electron chi connectivity index (χ4n) is 1.69. The second kappa shape index (κ2) is 6.35. The number of hydrogen-bond acceptors (Lipinski definition) is 1. The summed E-state index contributed by atoms with van der Waals surface area (Å²) in [5, 5.41) is 3.29. The molecule has 0 aliphatic heterocycles. The Morgan fingerprint density at radius 1 is 1.25 bits per heavy atom. The van der Waals surface area contributed by atoms with Crippen LogP contribution in [0.25, 0.3) is 6.08 Å². The predicted molar refractivity (Wildman–Crippen MR) is 80.3 cm³/mol. The number of carbonyl (C=O) groups excluding carboxylic acids is 1. The van der Waals surface area contributed by atoms with E-state index >= 15 is 0 Å². The number of rotatable bonds is 3. The van der Waals surface area contributed by atoms with Gasteiger partial charge in [-0.3, -0.25) is 4.79 Å². The van der Waals surface area contributed by atoms with Crippen LogP contribution in [0.15, 0.2) is 48.5 Å². The molecule has 2 nitrogen and oxygen atoms in total. The zero-order chi connectivity index (χ0) is 14.5. The van der Waals surface area contributed by atoms with Crippen LogP contribution in [-0.4, -0.2) is 5.91 Å². The first-order valence-electron chi connectivity index (χ1n) is 6.05. The van der Waals surface area contributed by atoms with Crippen molar-refractivity contribution >= 4 is 29.3 Å². The minimum atomic E-state index is -0.335. The average Bonchev–Trinajstić information content (AvgIpc) is 2.41. The second-order valence-electron chi connectivity index (χ2n) is 4.34. The van der Waals surface area contributed by atoms with Gasteiger partial charge in [0, 0.05) is 16.8 Å². The number of aryl methyl sites for hydroxylation is 1. The average molecular weight is 290 g/mol. The van der Waals surface area contributed by atoms with Gasteiger partial charge in [-0.15, -0.1) is 0 Å². The lowest BCUT2D eigenvalue weighted by Crippen LogP contribution is -2.08. The lowest BCUT2D eigenvalue weighted by Gasteiger charge is -2.06. The molecule has 102 valence electrons. The third-order valence-corrected chi connectivity index (χ3v) is 2.97. The summed E-state index contributed by atoms with van der Waals surface area (Å²) in [4.78, 5) is 11.8. The van der Waals surface area contributed by atoms with Crippen molar-refractivity contribution < 1.29 is 9.18 Å². The molecule has 2 rings (SSSR count). The first-order chi connectivity index (χ1) is 9.54. The Bertz CT molecular complexity index is 667. The highest BCUT2D eigenvalue weighted by Gasteiger charge is 2.02. The van der Waals surface area contributed by atoms with Gasteiger partial charge in [-0.1, -0.05) is 29.8 Å². The molecule has 4 heteroatoms. The van der Waals surface area contributed by atoms with E-state index in [1.165, 1.54) is 18.2 Å². The van der Waals surface area contributed by atoms with Crippen molar-refractivity contribution in [2.45, 2.75) is 6.92 Å². The Balaban J connectivity index is 2.07. The molecule has 1 N–H and O–H groups in total. The summed E-state index contributed by atoms with van der Waals surface area (Å²) < 4.78 is 13.0. The van der Waals surface area contributed by atoms with Gasteiger partial charge in [0.25, 0.3) is 0 Å². The van der Waals surface area contributed by atoms with Crippen LogP contribution < -0.4 is 5.32 Å². The van der Waals surface area contributed by atoms with E-state index in [2.05, 4.69) is 5.32 Å². The van der Waals surface area contributed by atoms with E-state index in [1.54, 1.807) is 30.3 Å². The summed E-state index contributed by atoms with van der Waals surface area (Å²) >= 11 is 5.88. The van der Waals surface area contributed by atoms with Crippen molar-refractivity contribution in [1.29, 1.82) is 0 Å². The molecular weight excluding hydrogens is 277 g/mol. The second-order valence-corrected chi connectivity index (χ2v) is 4.77. The first-order valence-corrected chi connectivity index (χ1v) is 6.43. The van der Waals surface area contributed by atoms with Crippen molar-refractivity contribution in [3.05, 3.63) is 70.5 Å². The van der Waals surface area contributed by atoms with Crippen molar-refractivity contribution in [1.82, 2.24) is 0 Å². The lowest BCUT2D eigenvalue weighted by atomic mass is 10.2. The Morgan fingerprint density at radius 2 is 2.05 bits per heavy atom. The molecule has 0 aliphatic carbocycles. The SMILES string of the molecule is Cc1ccc(Cl)cc1NC(=O)/C=C/c1cccc(F)c1. The van der Waals surface area contributed by atoms with Crippen molar-refractivity contribution in [3.63, 3.8) is 0 Å². The van der Waals surface area contributed by atoms with Crippen molar-refractivity contribution in [3.8, 4) is 0 Å². The van der Waals surface area contributed by atoms with E-state index in [1.807, 2.05) is 13.0 Å². The Labute approximate surface area is 121 Å². The molecule has 0 fully saturated rings. The van der Waals surface area contributed by atoms with Crippen LogP contribution in [0.2, 0.25) is 5.02 Å². The standard InChI is InChI=1S/C16H13ClFNO/c1-11-5-7-13(17)10-15(11)19-16(20)8-6-12-3-2-4-14(18)9-12/h2-10H,1H3,(H,19,20)/b8-6+. The molecule has 0 saturated heterocycles. The van der Waals surface area contributed by atoms with Gasteiger partial charge in [-0.2, -0.15) is 0 Å². The summed E-state index contributed by atoms with van der Waals surface area (Å²) in [7, 11) is 0. The highest BCUT2D eigenvalue weighted by atomic mass is 35.5. The van der Waals surface area contributed by atoms with Crippen LogP contribution in [-0.2, 0) is 4.79 Å². The molecule has 0 bridgehead atoms. The molecule has 2 aromatic carbocycles. The first kappa shape index (κ1) is 14.3. The Morgan fingerprint density at radius 3 is 2.80 bits per heavy atom. The zero-order valence-electron chi connectivity index (χ0n) is 10.9. The topological polar surface area (TPSA) is 29.1 Å². The molecule has 0 heterocycles. The monoisotopic (exact) mass is 289 g/mol. The smallest absolute Gasteiger partial charge is 0.248 e. The minimum absolute atomic E-state index is 0.292. The fourth-order valence-corrected chi connectivity index (χ4v) is 1.86. The van der Waals surface area contributed by atoms with Crippen molar-refractivity contribution in [2.75, 3.05) is 5.32 Å². The van der Waals surface area contributed by atoms with Crippen LogP contribution in [0.4, 0.5) is 10.1 Å². The molecule has 0 unspecified atom stereocenters. The Hall–Kier alpha value is -2.13. The van der Waals surface area contributed by atoms with E-state index in [-0.39, 0.29) is 11.7 Å². The largest absolute Gasteiger partial charge is 0.322 e. The quantitative estimate of drug-likeness (QED) is 0.832. The number of halogens is 2. The van der Waals surface area contributed by atoms with Crippen LogP contribution in [0, 0.1) is 12.7 Å². The number of nitrogens with one attached hydrogen (secondary N) is 1. The molecule has 1 amide bonds. The van der Waals surface area contributed by atoms with E-state index in [0.29, 0.717) is 16.3 Å². The third kappa shape index (κ3) is 3.93. The molecule has 0 saturated carbocycles. The number of benzene rings is 2. The highest BCUT2D eigenvalue weighted by Crippen LogP contribution is 2.20. The van der Waals surface area contributed by atoms with Gasteiger partial charge >= 0.3 is 0 Å². The summed E-state index contributed by atoms with van der Waals surface area (Å²) in [5.74, 6) is -0.627. The van der Waals surface area contributed by atoms with E-state index in [9.17, 15) is 9.18 Å². The van der Waals surface area contributed by atoms with Gasteiger partial charge in [0.1, 0.15) is 5.82 Å². The Kier molecular flexibility index (Phi) is 4.53. The van der Waals surface area contributed by atoms with Crippen molar-refractivity contribution in [2.24, 2.45) is 0 Å². The maximum absolute atomic E-state index is 13.0. The predicted octanol–water partition coefficient (Wildman–Crippen LogP) is 4.44. The summed E-state index contributed by atoms with van der Waals surface area (Å²) in [5.41, 5.74) is 2.20. The number of carbonyl (C=O) groups is 1. The van der Waals surface area contributed by atoms with Gasteiger partial charge in [-0.05, 0) is 48.4 Å². The van der Waals surface area contributed by atoms with Gasteiger partial charge in [0.15, 0.2) is 0 Å². The summed E-state index contributed by atoms with van der Waals surface area (Å²) in [6, 6.07) is 11.3. The number of hydrogen-bond donors (Lipinski definition) is 1. The molecule has 20 heavy (non-hydrogen) atoms. The maximum atomic E-state index is 13.0. The van der Waals surface area contributed by atoms with Crippen LogP contribution in [0.5, 0.6) is 0 Å². The molecule has 0 radical (unpaired) electrons. The van der Waals surface area contributed by atoms with Crippen LogP contribution in [0.3, 0.4) is 0 Å². The minimum Gasteiger partial charge on any atom is -0.322 e. The van der Waals surface area contributed by atoms with E-state index < -0.39 is 0 Å². The molecule has 2 aromatic rings. The molecule has 0 atom stereocenters.